The average Bonchev–Trinajstić information content (AvgIpc) is 2.83. The van der Waals surface area contributed by atoms with Crippen LogP contribution in [0.2, 0.25) is 0 Å². The van der Waals surface area contributed by atoms with Crippen molar-refractivity contribution in [3.8, 4) is 0 Å². The molecule has 0 unspecified atom stereocenters. The smallest absolute Gasteiger partial charge is 0.253 e. The van der Waals surface area contributed by atoms with Crippen molar-refractivity contribution in [2.24, 2.45) is 0 Å². The second kappa shape index (κ2) is 11.4. The first-order chi connectivity index (χ1) is 15.8. The summed E-state index contributed by atoms with van der Waals surface area (Å²) in [6.45, 7) is 2.02. The molecule has 0 aromatic heterocycles. The number of benzene rings is 2. The Bertz CT molecular complexity index is 1070. The van der Waals surface area contributed by atoms with Crippen LogP contribution in [0.25, 0.3) is 0 Å². The lowest BCUT2D eigenvalue weighted by atomic mass is 10.1. The van der Waals surface area contributed by atoms with Gasteiger partial charge in [-0.05, 0) is 67.6 Å². The molecule has 2 amide bonds. The molecule has 1 fully saturated rings. The number of hydrogen-bond donors (Lipinski definition) is 1. The van der Waals surface area contributed by atoms with E-state index < -0.39 is 15.8 Å². The van der Waals surface area contributed by atoms with E-state index >= 15 is 0 Å². The number of hydrogen-bond acceptors (Lipinski definition) is 4. The van der Waals surface area contributed by atoms with Crippen LogP contribution >= 0.6 is 0 Å². The molecular weight excluding hydrogens is 445 g/mol. The van der Waals surface area contributed by atoms with Crippen molar-refractivity contribution < 1.29 is 22.4 Å². The molecule has 1 heterocycles. The Morgan fingerprint density at radius 3 is 2.45 bits per heavy atom. The van der Waals surface area contributed by atoms with Gasteiger partial charge in [-0.3, -0.25) is 9.59 Å². The molecule has 0 saturated carbocycles. The van der Waals surface area contributed by atoms with Crippen LogP contribution in [0.4, 0.5) is 4.39 Å². The Morgan fingerprint density at radius 1 is 1.06 bits per heavy atom. The van der Waals surface area contributed by atoms with Gasteiger partial charge in [0.1, 0.15) is 5.82 Å². The quantitative estimate of drug-likeness (QED) is 0.604. The normalized spacial score (nSPS) is 14.3. The van der Waals surface area contributed by atoms with Gasteiger partial charge in [0.2, 0.25) is 15.9 Å². The van der Waals surface area contributed by atoms with E-state index in [9.17, 15) is 22.4 Å². The summed E-state index contributed by atoms with van der Waals surface area (Å²) in [5.41, 5.74) is 1.46. The molecule has 33 heavy (non-hydrogen) atoms. The highest BCUT2D eigenvalue weighted by Gasteiger charge is 2.21. The zero-order valence-corrected chi connectivity index (χ0v) is 19.6. The van der Waals surface area contributed by atoms with Gasteiger partial charge in [-0.2, -0.15) is 0 Å². The van der Waals surface area contributed by atoms with Gasteiger partial charge in [-0.1, -0.05) is 12.1 Å². The summed E-state index contributed by atoms with van der Waals surface area (Å²) in [5.74, 6) is -0.682. The molecule has 9 heteroatoms. The van der Waals surface area contributed by atoms with Crippen LogP contribution in [0.3, 0.4) is 0 Å². The fourth-order valence-corrected chi connectivity index (χ4v) is 4.96. The first kappa shape index (κ1) is 24.9. The number of halogens is 1. The van der Waals surface area contributed by atoms with Crippen LogP contribution in [-0.2, 0) is 21.4 Å². The topological polar surface area (TPSA) is 86.8 Å². The Balaban J connectivity index is 1.45. The van der Waals surface area contributed by atoms with Crippen molar-refractivity contribution in [2.75, 3.05) is 26.7 Å². The van der Waals surface area contributed by atoms with E-state index in [0.717, 1.165) is 54.4 Å². The number of rotatable bonds is 9. The zero-order valence-electron chi connectivity index (χ0n) is 18.8. The second-order valence-electron chi connectivity index (χ2n) is 8.21. The van der Waals surface area contributed by atoms with Crippen LogP contribution in [0, 0.1) is 5.82 Å². The van der Waals surface area contributed by atoms with Crippen molar-refractivity contribution in [1.29, 1.82) is 0 Å². The molecule has 0 atom stereocenters. The highest BCUT2D eigenvalue weighted by molar-refractivity contribution is 7.89. The number of carbonyl (C=O) groups excluding carboxylic acids is 2. The standard InChI is InChI=1S/C24H30FN3O4S/c1-27(33(31,32)22-12-10-21(25)11-13-22)14-6-9-23(29)26-18-19-7-5-8-20(17-19)24(30)28-15-3-2-4-16-28/h5,7-8,10-13,17H,2-4,6,9,14-16,18H2,1H3,(H,26,29). The molecule has 0 radical (unpaired) electrons. The van der Waals surface area contributed by atoms with Crippen molar-refractivity contribution >= 4 is 21.8 Å². The van der Waals surface area contributed by atoms with E-state index in [1.54, 1.807) is 12.1 Å². The minimum absolute atomic E-state index is 0.00911. The lowest BCUT2D eigenvalue weighted by Crippen LogP contribution is -2.35. The molecule has 0 aliphatic carbocycles. The Kier molecular flexibility index (Phi) is 8.57. The van der Waals surface area contributed by atoms with E-state index in [1.807, 2.05) is 17.0 Å². The predicted octanol–water partition coefficient (Wildman–Crippen LogP) is 3.17. The van der Waals surface area contributed by atoms with Gasteiger partial charge < -0.3 is 10.2 Å². The predicted molar refractivity (Wildman–Crippen MR) is 123 cm³/mol. The van der Waals surface area contributed by atoms with Gasteiger partial charge in [0, 0.05) is 45.2 Å². The molecule has 0 spiro atoms. The zero-order chi connectivity index (χ0) is 23.8. The molecule has 178 valence electrons. The van der Waals surface area contributed by atoms with Crippen LogP contribution in [0.5, 0.6) is 0 Å². The summed E-state index contributed by atoms with van der Waals surface area (Å²) in [5, 5.41) is 2.82. The minimum Gasteiger partial charge on any atom is -0.352 e. The summed E-state index contributed by atoms with van der Waals surface area (Å²) in [4.78, 5) is 26.8. The van der Waals surface area contributed by atoms with Crippen LogP contribution in [-0.4, -0.2) is 56.1 Å². The molecular formula is C24H30FN3O4S. The van der Waals surface area contributed by atoms with Crippen LogP contribution in [0.1, 0.15) is 48.0 Å². The molecule has 1 aliphatic rings. The van der Waals surface area contributed by atoms with Crippen LogP contribution in [0.15, 0.2) is 53.4 Å². The van der Waals surface area contributed by atoms with E-state index in [4.69, 9.17) is 0 Å². The third-order valence-corrected chi connectivity index (χ3v) is 7.58. The first-order valence-corrected chi connectivity index (χ1v) is 12.6. The summed E-state index contributed by atoms with van der Waals surface area (Å²) in [6.07, 6.45) is 3.72. The molecule has 2 aromatic carbocycles. The number of sulfonamides is 1. The molecule has 1 N–H and O–H groups in total. The fraction of sp³-hybridized carbons (Fsp3) is 0.417. The lowest BCUT2D eigenvalue weighted by molar-refractivity contribution is -0.121. The number of nitrogens with zero attached hydrogens (tertiary/aromatic N) is 2. The van der Waals surface area contributed by atoms with E-state index in [1.165, 1.54) is 19.2 Å². The molecule has 2 aromatic rings. The van der Waals surface area contributed by atoms with Crippen LogP contribution < -0.4 is 5.32 Å². The summed E-state index contributed by atoms with van der Waals surface area (Å²) in [6, 6.07) is 11.9. The van der Waals surface area contributed by atoms with Gasteiger partial charge in [0.05, 0.1) is 4.90 Å². The largest absolute Gasteiger partial charge is 0.352 e. The Hall–Kier alpha value is -2.78. The van der Waals surface area contributed by atoms with Gasteiger partial charge in [0.15, 0.2) is 0 Å². The van der Waals surface area contributed by atoms with E-state index in [-0.39, 0.29) is 29.7 Å². The summed E-state index contributed by atoms with van der Waals surface area (Å²) >= 11 is 0. The maximum Gasteiger partial charge on any atom is 0.253 e. The monoisotopic (exact) mass is 475 g/mol. The highest BCUT2D eigenvalue weighted by atomic mass is 32.2. The maximum atomic E-state index is 13.0. The second-order valence-corrected chi connectivity index (χ2v) is 10.3. The number of nitrogens with one attached hydrogen (secondary N) is 1. The van der Waals surface area contributed by atoms with Gasteiger partial charge >= 0.3 is 0 Å². The van der Waals surface area contributed by atoms with Gasteiger partial charge in [0.25, 0.3) is 5.91 Å². The molecule has 1 aliphatic heterocycles. The van der Waals surface area contributed by atoms with Crippen molar-refractivity contribution in [2.45, 2.75) is 43.5 Å². The molecule has 1 saturated heterocycles. The number of carbonyl (C=O) groups is 2. The van der Waals surface area contributed by atoms with Crippen molar-refractivity contribution in [3.05, 3.63) is 65.5 Å². The van der Waals surface area contributed by atoms with Crippen molar-refractivity contribution in [1.82, 2.24) is 14.5 Å². The van der Waals surface area contributed by atoms with Gasteiger partial charge in [-0.25, -0.2) is 17.1 Å². The molecule has 7 nitrogen and oxygen atoms in total. The fourth-order valence-electron chi connectivity index (χ4n) is 3.75. The third-order valence-electron chi connectivity index (χ3n) is 5.71. The van der Waals surface area contributed by atoms with E-state index in [0.29, 0.717) is 18.5 Å². The van der Waals surface area contributed by atoms with Crippen molar-refractivity contribution in [3.63, 3.8) is 0 Å². The Labute approximate surface area is 194 Å². The summed E-state index contributed by atoms with van der Waals surface area (Å²) in [7, 11) is -2.30. The Morgan fingerprint density at radius 2 is 1.76 bits per heavy atom. The maximum absolute atomic E-state index is 13.0. The highest BCUT2D eigenvalue weighted by Crippen LogP contribution is 2.16. The molecule has 0 bridgehead atoms. The average molecular weight is 476 g/mol. The number of piperidine rings is 1. The molecule has 3 rings (SSSR count). The third kappa shape index (κ3) is 6.85. The summed E-state index contributed by atoms with van der Waals surface area (Å²) < 4.78 is 39.2. The number of amides is 2. The number of likely N-dealkylation sites (tertiary alicyclic amines) is 1. The lowest BCUT2D eigenvalue weighted by Gasteiger charge is -2.26. The first-order valence-electron chi connectivity index (χ1n) is 11.1. The van der Waals surface area contributed by atoms with E-state index in [2.05, 4.69) is 5.32 Å². The van der Waals surface area contributed by atoms with Gasteiger partial charge in [-0.15, -0.1) is 0 Å². The minimum atomic E-state index is -3.73. The SMILES string of the molecule is CN(CCCC(=O)NCc1cccc(C(=O)N2CCCCC2)c1)S(=O)(=O)c1ccc(F)cc1.